The summed E-state index contributed by atoms with van der Waals surface area (Å²) in [6.45, 7) is 2.19. The van der Waals surface area contributed by atoms with E-state index in [-0.39, 0.29) is 17.5 Å². The van der Waals surface area contributed by atoms with Gasteiger partial charge in [0, 0.05) is 6.54 Å². The molecule has 1 unspecified atom stereocenters. The highest BCUT2D eigenvalue weighted by atomic mass is 35.5. The van der Waals surface area contributed by atoms with E-state index in [0.717, 1.165) is 6.42 Å². The smallest absolute Gasteiger partial charge is 0.252 e. The van der Waals surface area contributed by atoms with Crippen LogP contribution in [0.2, 0.25) is 5.02 Å². The number of nitrogens with two attached hydrogens (primary N) is 1. The first kappa shape index (κ1) is 13.8. The van der Waals surface area contributed by atoms with Crippen molar-refractivity contribution in [2.75, 3.05) is 12.3 Å². The van der Waals surface area contributed by atoms with E-state index >= 15 is 0 Å². The minimum atomic E-state index is -0.524. The molecule has 0 bridgehead atoms. The van der Waals surface area contributed by atoms with Crippen LogP contribution in [0.3, 0.4) is 0 Å². The molecule has 0 aliphatic carbocycles. The molecule has 0 radical (unpaired) electrons. The monoisotopic (exact) mass is 256 g/mol. The van der Waals surface area contributed by atoms with Gasteiger partial charge in [-0.25, -0.2) is 0 Å². The predicted octanol–water partition coefficient (Wildman–Crippen LogP) is 1.81. The second-order valence-electron chi connectivity index (χ2n) is 3.86. The normalized spacial score (nSPS) is 12.2. The minimum Gasteiger partial charge on any atom is -0.398 e. The number of aliphatic hydroxyl groups excluding tert-OH is 1. The summed E-state index contributed by atoms with van der Waals surface area (Å²) in [5.74, 6) is -0.322. The SMILES string of the molecule is CCCC(O)CNC(=O)c1cccc(N)c1Cl. The number of benzene rings is 1. The lowest BCUT2D eigenvalue weighted by Crippen LogP contribution is -2.32. The summed E-state index contributed by atoms with van der Waals surface area (Å²) in [5, 5.41) is 12.4. The summed E-state index contributed by atoms with van der Waals surface area (Å²) in [4.78, 5) is 11.8. The molecule has 0 fully saturated rings. The Morgan fingerprint density at radius 3 is 2.94 bits per heavy atom. The third kappa shape index (κ3) is 3.91. The number of carbonyl (C=O) groups excluding carboxylic acids is 1. The van der Waals surface area contributed by atoms with Gasteiger partial charge in [-0.15, -0.1) is 0 Å². The lowest BCUT2D eigenvalue weighted by Gasteiger charge is -2.11. The van der Waals surface area contributed by atoms with Crippen molar-refractivity contribution < 1.29 is 9.90 Å². The van der Waals surface area contributed by atoms with Gasteiger partial charge in [-0.05, 0) is 18.6 Å². The summed E-state index contributed by atoms with van der Waals surface area (Å²) >= 11 is 5.92. The maximum absolute atomic E-state index is 11.8. The molecule has 1 rings (SSSR count). The maximum atomic E-state index is 11.8. The van der Waals surface area contributed by atoms with Gasteiger partial charge in [-0.1, -0.05) is 31.0 Å². The summed E-state index contributed by atoms with van der Waals surface area (Å²) in [7, 11) is 0. The first-order valence-electron chi connectivity index (χ1n) is 5.56. The molecule has 0 aliphatic rings. The van der Waals surface area contributed by atoms with Crippen LogP contribution >= 0.6 is 11.6 Å². The number of aliphatic hydroxyl groups is 1. The topological polar surface area (TPSA) is 75.3 Å². The van der Waals surface area contributed by atoms with E-state index in [9.17, 15) is 9.90 Å². The number of halogens is 1. The van der Waals surface area contributed by atoms with E-state index in [1.807, 2.05) is 6.92 Å². The Hall–Kier alpha value is -1.26. The number of nitrogen functional groups attached to an aromatic ring is 1. The van der Waals surface area contributed by atoms with E-state index in [2.05, 4.69) is 5.32 Å². The second kappa shape index (κ2) is 6.47. The molecule has 0 aromatic heterocycles. The van der Waals surface area contributed by atoms with Crippen molar-refractivity contribution >= 4 is 23.2 Å². The Kier molecular flexibility index (Phi) is 5.25. The van der Waals surface area contributed by atoms with Crippen molar-refractivity contribution in [2.45, 2.75) is 25.9 Å². The van der Waals surface area contributed by atoms with Crippen LogP contribution in [0.5, 0.6) is 0 Å². The molecule has 0 saturated heterocycles. The average molecular weight is 257 g/mol. The molecule has 1 amide bonds. The lowest BCUT2D eigenvalue weighted by molar-refractivity contribution is 0.0910. The van der Waals surface area contributed by atoms with Crippen LogP contribution in [0, 0.1) is 0 Å². The number of nitrogens with one attached hydrogen (secondary N) is 1. The molecule has 0 heterocycles. The Balaban J connectivity index is 2.61. The fourth-order valence-electron chi connectivity index (χ4n) is 1.47. The Morgan fingerprint density at radius 1 is 1.59 bits per heavy atom. The van der Waals surface area contributed by atoms with Crippen molar-refractivity contribution in [3.63, 3.8) is 0 Å². The molecule has 94 valence electrons. The van der Waals surface area contributed by atoms with Crippen molar-refractivity contribution in [1.82, 2.24) is 5.32 Å². The molecule has 5 heteroatoms. The van der Waals surface area contributed by atoms with E-state index in [1.54, 1.807) is 18.2 Å². The molecule has 4 nitrogen and oxygen atoms in total. The molecule has 0 spiro atoms. The Labute approximate surface area is 106 Å². The summed E-state index contributed by atoms with van der Waals surface area (Å²) in [5.41, 5.74) is 6.30. The van der Waals surface area contributed by atoms with Gasteiger partial charge in [-0.2, -0.15) is 0 Å². The largest absolute Gasteiger partial charge is 0.398 e. The number of anilines is 1. The molecule has 0 aliphatic heterocycles. The van der Waals surface area contributed by atoms with E-state index < -0.39 is 6.10 Å². The quantitative estimate of drug-likeness (QED) is 0.704. The molecular weight excluding hydrogens is 240 g/mol. The van der Waals surface area contributed by atoms with Gasteiger partial charge < -0.3 is 16.2 Å². The third-order valence-electron chi connectivity index (χ3n) is 2.39. The number of rotatable bonds is 5. The highest BCUT2D eigenvalue weighted by Gasteiger charge is 2.13. The van der Waals surface area contributed by atoms with Crippen LogP contribution in [0.1, 0.15) is 30.1 Å². The fraction of sp³-hybridized carbons (Fsp3) is 0.417. The van der Waals surface area contributed by atoms with Crippen molar-refractivity contribution in [3.8, 4) is 0 Å². The third-order valence-corrected chi connectivity index (χ3v) is 2.82. The van der Waals surface area contributed by atoms with E-state index in [0.29, 0.717) is 17.7 Å². The zero-order valence-corrected chi connectivity index (χ0v) is 10.5. The van der Waals surface area contributed by atoms with Crippen LogP contribution in [0.4, 0.5) is 5.69 Å². The zero-order valence-electron chi connectivity index (χ0n) is 9.74. The Morgan fingerprint density at radius 2 is 2.29 bits per heavy atom. The number of hydrogen-bond acceptors (Lipinski definition) is 3. The number of hydrogen-bond donors (Lipinski definition) is 3. The van der Waals surface area contributed by atoms with Crippen molar-refractivity contribution in [3.05, 3.63) is 28.8 Å². The van der Waals surface area contributed by atoms with Crippen LogP contribution in [0.25, 0.3) is 0 Å². The molecule has 17 heavy (non-hydrogen) atoms. The zero-order chi connectivity index (χ0) is 12.8. The van der Waals surface area contributed by atoms with Crippen molar-refractivity contribution in [2.24, 2.45) is 0 Å². The van der Waals surface area contributed by atoms with E-state index in [4.69, 9.17) is 17.3 Å². The first-order valence-corrected chi connectivity index (χ1v) is 5.94. The second-order valence-corrected chi connectivity index (χ2v) is 4.24. The van der Waals surface area contributed by atoms with Gasteiger partial charge in [-0.3, -0.25) is 4.79 Å². The van der Waals surface area contributed by atoms with Crippen LogP contribution < -0.4 is 11.1 Å². The minimum absolute atomic E-state index is 0.220. The van der Waals surface area contributed by atoms with Gasteiger partial charge in [0.2, 0.25) is 0 Å². The van der Waals surface area contributed by atoms with Gasteiger partial charge in [0.25, 0.3) is 5.91 Å². The first-order chi connectivity index (χ1) is 8.06. The highest BCUT2D eigenvalue weighted by Crippen LogP contribution is 2.22. The van der Waals surface area contributed by atoms with Crippen molar-refractivity contribution in [1.29, 1.82) is 0 Å². The van der Waals surface area contributed by atoms with Crippen LogP contribution in [-0.2, 0) is 0 Å². The van der Waals surface area contributed by atoms with E-state index in [1.165, 1.54) is 0 Å². The predicted molar refractivity (Wildman–Crippen MR) is 69.1 cm³/mol. The summed E-state index contributed by atoms with van der Waals surface area (Å²) in [6.07, 6.45) is 1.00. The summed E-state index contributed by atoms with van der Waals surface area (Å²) in [6, 6.07) is 4.89. The van der Waals surface area contributed by atoms with Gasteiger partial charge in [0.1, 0.15) is 0 Å². The molecule has 1 aromatic rings. The average Bonchev–Trinajstić information content (AvgIpc) is 2.30. The summed E-state index contributed by atoms with van der Waals surface area (Å²) < 4.78 is 0. The molecular formula is C12H17ClN2O2. The lowest BCUT2D eigenvalue weighted by atomic mass is 10.1. The Bertz CT molecular complexity index is 396. The number of amides is 1. The standard InChI is InChI=1S/C12H17ClN2O2/c1-2-4-8(16)7-15-12(17)9-5-3-6-10(14)11(9)13/h3,5-6,8,16H,2,4,7,14H2,1H3,(H,15,17). The molecule has 1 atom stereocenters. The molecule has 0 saturated carbocycles. The maximum Gasteiger partial charge on any atom is 0.252 e. The molecule has 1 aromatic carbocycles. The fourth-order valence-corrected chi connectivity index (χ4v) is 1.68. The van der Waals surface area contributed by atoms with Crippen LogP contribution in [0.15, 0.2) is 18.2 Å². The highest BCUT2D eigenvalue weighted by molar-refractivity contribution is 6.36. The van der Waals surface area contributed by atoms with Gasteiger partial charge in [0.15, 0.2) is 0 Å². The van der Waals surface area contributed by atoms with Crippen LogP contribution in [-0.4, -0.2) is 23.7 Å². The number of carbonyl (C=O) groups is 1. The molecule has 4 N–H and O–H groups in total. The van der Waals surface area contributed by atoms with Gasteiger partial charge in [0.05, 0.1) is 22.4 Å². The van der Waals surface area contributed by atoms with Gasteiger partial charge >= 0.3 is 0 Å².